The van der Waals surface area contributed by atoms with E-state index in [4.69, 9.17) is 26.2 Å². The molecule has 0 aliphatic carbocycles. The zero-order chi connectivity index (χ0) is 27.1. The fourth-order valence-corrected chi connectivity index (χ4v) is 5.12. The van der Waals surface area contributed by atoms with Crippen molar-refractivity contribution in [3.05, 3.63) is 79.4 Å². The molecule has 0 spiro atoms. The first-order valence-corrected chi connectivity index (χ1v) is 13.3. The molecule has 2 amide bonds. The van der Waals surface area contributed by atoms with Gasteiger partial charge >= 0.3 is 6.09 Å². The Morgan fingerprint density at radius 3 is 2.79 bits per heavy atom. The number of nitrogens with one attached hydrogen (secondary N) is 2. The topological polar surface area (TPSA) is 122 Å². The van der Waals surface area contributed by atoms with Crippen LogP contribution in [0.15, 0.2) is 53.5 Å². The van der Waals surface area contributed by atoms with Crippen molar-refractivity contribution in [3.8, 4) is 5.69 Å². The Balaban J connectivity index is 1.48. The van der Waals surface area contributed by atoms with Crippen molar-refractivity contribution >= 4 is 40.6 Å². The fourth-order valence-electron chi connectivity index (χ4n) is 4.16. The van der Waals surface area contributed by atoms with Gasteiger partial charge in [-0.05, 0) is 49.4 Å². The van der Waals surface area contributed by atoms with Gasteiger partial charge in [-0.1, -0.05) is 17.7 Å². The molecule has 202 valence electrons. The van der Waals surface area contributed by atoms with Gasteiger partial charge in [-0.2, -0.15) is 0 Å². The molecule has 3 aromatic rings. The van der Waals surface area contributed by atoms with Crippen molar-refractivity contribution in [3.63, 3.8) is 0 Å². The van der Waals surface area contributed by atoms with E-state index in [0.29, 0.717) is 45.7 Å². The minimum atomic E-state index is -0.522. The zero-order valence-electron chi connectivity index (χ0n) is 20.8. The Bertz CT molecular complexity index is 1340. The van der Waals surface area contributed by atoms with Crippen molar-refractivity contribution in [2.24, 2.45) is 0 Å². The van der Waals surface area contributed by atoms with Crippen molar-refractivity contribution in [1.82, 2.24) is 15.2 Å². The van der Waals surface area contributed by atoms with E-state index in [1.807, 2.05) is 6.07 Å². The van der Waals surface area contributed by atoms with Gasteiger partial charge in [-0.15, -0.1) is 11.3 Å². The van der Waals surface area contributed by atoms with Gasteiger partial charge in [0.25, 0.3) is 11.5 Å². The number of amides is 2. The SMILES string of the molecule is COCc1cc(N2CC(CNC(=O)c3ccc(Cl)s3)OC2=O)ccc1-n1cccc(CCNCCO)c1=O. The summed E-state index contributed by atoms with van der Waals surface area (Å²) in [5, 5.41) is 14.8. The standard InChI is InChI=1S/C26H29ClN4O6S/c1-36-16-18-13-19(4-5-21(18)30-11-2-3-17(25(30)34)8-9-28-10-12-32)31-15-20(37-26(31)35)14-29-24(33)22-6-7-23(27)38-22/h2-7,11,13,20,28,32H,8-10,12,14-16H2,1H3,(H,29,33). The van der Waals surface area contributed by atoms with E-state index in [0.717, 1.165) is 5.56 Å². The molecule has 1 fully saturated rings. The normalized spacial score (nSPS) is 15.1. The first-order valence-electron chi connectivity index (χ1n) is 12.1. The van der Waals surface area contributed by atoms with Crippen LogP contribution in [0.2, 0.25) is 4.34 Å². The Morgan fingerprint density at radius 1 is 1.21 bits per heavy atom. The number of pyridine rings is 1. The van der Waals surface area contributed by atoms with Crippen LogP contribution in [0.3, 0.4) is 0 Å². The maximum atomic E-state index is 13.2. The summed E-state index contributed by atoms with van der Waals surface area (Å²) >= 11 is 7.07. The monoisotopic (exact) mass is 560 g/mol. The lowest BCUT2D eigenvalue weighted by atomic mass is 10.1. The second-order valence-electron chi connectivity index (χ2n) is 8.61. The summed E-state index contributed by atoms with van der Waals surface area (Å²) in [5.41, 5.74) is 2.47. The molecule has 1 saturated heterocycles. The quantitative estimate of drug-likeness (QED) is 0.291. The maximum Gasteiger partial charge on any atom is 0.414 e. The van der Waals surface area contributed by atoms with E-state index in [1.54, 1.807) is 54.3 Å². The van der Waals surface area contributed by atoms with Gasteiger partial charge in [0, 0.05) is 36.7 Å². The van der Waals surface area contributed by atoms with Gasteiger partial charge in [0.15, 0.2) is 0 Å². The minimum Gasteiger partial charge on any atom is -0.442 e. The Kier molecular flexibility index (Phi) is 9.53. The summed E-state index contributed by atoms with van der Waals surface area (Å²) < 4.78 is 12.9. The third-order valence-corrected chi connectivity index (χ3v) is 7.21. The molecular formula is C26H29ClN4O6S. The number of nitrogens with zero attached hydrogens (tertiary/aromatic N) is 2. The lowest BCUT2D eigenvalue weighted by molar-refractivity contribution is 0.0920. The molecule has 38 heavy (non-hydrogen) atoms. The highest BCUT2D eigenvalue weighted by molar-refractivity contribution is 7.18. The maximum absolute atomic E-state index is 13.2. The van der Waals surface area contributed by atoms with Crippen molar-refractivity contribution in [2.45, 2.75) is 19.1 Å². The number of benzene rings is 1. The van der Waals surface area contributed by atoms with Gasteiger partial charge < -0.3 is 25.2 Å². The Morgan fingerprint density at radius 2 is 2.05 bits per heavy atom. The summed E-state index contributed by atoms with van der Waals surface area (Å²) in [6.45, 7) is 1.72. The van der Waals surface area contributed by atoms with Crippen LogP contribution in [-0.2, 0) is 22.5 Å². The third kappa shape index (κ3) is 6.61. The van der Waals surface area contributed by atoms with Gasteiger partial charge in [0.1, 0.15) is 6.10 Å². The molecular weight excluding hydrogens is 532 g/mol. The summed E-state index contributed by atoms with van der Waals surface area (Å²) in [5.74, 6) is -0.278. The largest absolute Gasteiger partial charge is 0.442 e. The number of methoxy groups -OCH3 is 1. The van der Waals surface area contributed by atoms with Crippen LogP contribution in [0.5, 0.6) is 0 Å². The molecule has 1 aliphatic heterocycles. The molecule has 4 rings (SSSR count). The molecule has 1 aliphatic rings. The second-order valence-corrected chi connectivity index (χ2v) is 10.3. The fraction of sp³-hybridized carbons (Fsp3) is 0.346. The number of anilines is 1. The van der Waals surface area contributed by atoms with Gasteiger partial charge in [0.05, 0.1) is 41.2 Å². The Labute approximate surface area is 228 Å². The molecule has 12 heteroatoms. The second kappa shape index (κ2) is 13.0. The highest BCUT2D eigenvalue weighted by Crippen LogP contribution is 2.27. The van der Waals surface area contributed by atoms with E-state index < -0.39 is 12.2 Å². The first-order chi connectivity index (χ1) is 18.4. The number of carbonyl (C=O) groups excluding carboxylic acids is 2. The lowest BCUT2D eigenvalue weighted by Gasteiger charge is -2.18. The Hall–Kier alpha value is -3.22. The molecule has 0 saturated carbocycles. The molecule has 1 atom stereocenters. The number of aliphatic hydroxyl groups excluding tert-OH is 1. The number of hydrogen-bond acceptors (Lipinski definition) is 8. The van der Waals surface area contributed by atoms with Crippen molar-refractivity contribution in [2.75, 3.05) is 44.8 Å². The average molecular weight is 561 g/mol. The molecule has 10 nitrogen and oxygen atoms in total. The van der Waals surface area contributed by atoms with E-state index in [1.165, 1.54) is 16.2 Å². The summed E-state index contributed by atoms with van der Waals surface area (Å²) in [6, 6.07) is 12.2. The highest BCUT2D eigenvalue weighted by atomic mass is 35.5. The highest BCUT2D eigenvalue weighted by Gasteiger charge is 2.33. The molecule has 3 N–H and O–H groups in total. The van der Waals surface area contributed by atoms with Crippen LogP contribution in [-0.4, -0.2) is 67.7 Å². The van der Waals surface area contributed by atoms with Gasteiger partial charge in [-0.25, -0.2) is 4.79 Å². The van der Waals surface area contributed by atoms with Crippen LogP contribution in [0, 0.1) is 0 Å². The molecule has 0 radical (unpaired) electrons. The van der Waals surface area contributed by atoms with Crippen molar-refractivity contribution in [1.29, 1.82) is 0 Å². The number of hydrogen-bond donors (Lipinski definition) is 3. The molecule has 1 unspecified atom stereocenters. The molecule has 0 bridgehead atoms. The number of ether oxygens (including phenoxy) is 2. The molecule has 1 aromatic carbocycles. The first kappa shape index (κ1) is 27.8. The third-order valence-electron chi connectivity index (χ3n) is 5.98. The molecule has 2 aromatic heterocycles. The van der Waals surface area contributed by atoms with Gasteiger partial charge in [0.2, 0.25) is 0 Å². The predicted molar refractivity (Wildman–Crippen MR) is 146 cm³/mol. The number of cyclic esters (lactones) is 1. The van der Waals surface area contributed by atoms with E-state index >= 15 is 0 Å². The number of halogens is 1. The van der Waals surface area contributed by atoms with Crippen molar-refractivity contribution < 1.29 is 24.2 Å². The summed E-state index contributed by atoms with van der Waals surface area (Å²) in [4.78, 5) is 40.1. The van der Waals surface area contributed by atoms with Crippen LogP contribution < -0.4 is 21.1 Å². The number of carbonyl (C=O) groups is 2. The zero-order valence-corrected chi connectivity index (χ0v) is 22.4. The average Bonchev–Trinajstić information content (AvgIpc) is 3.51. The number of thiophene rings is 1. The van der Waals surface area contributed by atoms with E-state index in [-0.39, 0.29) is 37.8 Å². The summed E-state index contributed by atoms with van der Waals surface area (Å²) in [7, 11) is 1.56. The number of rotatable bonds is 12. The number of aromatic nitrogens is 1. The van der Waals surface area contributed by atoms with Crippen LogP contribution >= 0.6 is 22.9 Å². The van der Waals surface area contributed by atoms with Gasteiger partial charge in [-0.3, -0.25) is 19.1 Å². The number of aliphatic hydroxyl groups is 1. The van der Waals surface area contributed by atoms with E-state index in [2.05, 4.69) is 10.6 Å². The molecule has 3 heterocycles. The minimum absolute atomic E-state index is 0.0379. The summed E-state index contributed by atoms with van der Waals surface area (Å²) in [6.07, 6.45) is 1.18. The lowest BCUT2D eigenvalue weighted by Crippen LogP contribution is -2.34. The smallest absolute Gasteiger partial charge is 0.414 e. The van der Waals surface area contributed by atoms with Crippen LogP contribution in [0.1, 0.15) is 20.8 Å². The van der Waals surface area contributed by atoms with Crippen LogP contribution in [0.4, 0.5) is 10.5 Å². The van der Waals surface area contributed by atoms with Crippen LogP contribution in [0.25, 0.3) is 5.69 Å². The predicted octanol–water partition coefficient (Wildman–Crippen LogP) is 2.58. The van der Waals surface area contributed by atoms with E-state index in [9.17, 15) is 14.4 Å².